The van der Waals surface area contributed by atoms with Crippen molar-refractivity contribution in [3.63, 3.8) is 0 Å². The summed E-state index contributed by atoms with van der Waals surface area (Å²) in [5.41, 5.74) is 1.76. The SMILES string of the molecule is CCNC(C)c1cc(F)ccc1OCc1csc(CC)n1. The summed E-state index contributed by atoms with van der Waals surface area (Å²) in [6.45, 7) is 7.34. The Morgan fingerprint density at radius 2 is 2.19 bits per heavy atom. The number of aromatic nitrogens is 1. The lowest BCUT2D eigenvalue weighted by molar-refractivity contribution is 0.295. The quantitative estimate of drug-likeness (QED) is 0.836. The Bertz CT molecular complexity index is 585. The first-order valence-electron chi connectivity index (χ1n) is 7.23. The number of nitrogens with zero attached hydrogens (tertiary/aromatic N) is 1. The molecule has 0 spiro atoms. The normalized spacial score (nSPS) is 12.4. The van der Waals surface area contributed by atoms with E-state index in [0.29, 0.717) is 12.4 Å². The molecule has 0 radical (unpaired) electrons. The summed E-state index contributed by atoms with van der Waals surface area (Å²) in [5.74, 6) is 0.458. The zero-order valence-corrected chi connectivity index (χ0v) is 13.5. The molecule has 2 rings (SSSR count). The summed E-state index contributed by atoms with van der Waals surface area (Å²) in [4.78, 5) is 4.48. The van der Waals surface area contributed by atoms with Gasteiger partial charge in [-0.3, -0.25) is 0 Å². The van der Waals surface area contributed by atoms with Gasteiger partial charge >= 0.3 is 0 Å². The van der Waals surface area contributed by atoms with Crippen LogP contribution in [0.2, 0.25) is 0 Å². The summed E-state index contributed by atoms with van der Waals surface area (Å²) in [5, 5.41) is 6.40. The molecule has 0 amide bonds. The standard InChI is InChI=1S/C16H21FN2OS/c1-4-16-19-13(10-21-16)9-20-15-7-6-12(17)8-14(15)11(3)18-5-2/h6-8,10-11,18H,4-5,9H2,1-3H3. The molecule has 1 aromatic carbocycles. The molecule has 0 aliphatic heterocycles. The summed E-state index contributed by atoms with van der Waals surface area (Å²) in [7, 11) is 0. The Labute approximate surface area is 129 Å². The van der Waals surface area contributed by atoms with Gasteiger partial charge in [0.05, 0.1) is 10.7 Å². The Balaban J connectivity index is 2.11. The summed E-state index contributed by atoms with van der Waals surface area (Å²) in [6.07, 6.45) is 0.934. The molecule has 0 aliphatic carbocycles. The molecule has 5 heteroatoms. The molecule has 0 saturated carbocycles. The van der Waals surface area contributed by atoms with E-state index in [1.807, 2.05) is 19.2 Å². The van der Waals surface area contributed by atoms with Crippen molar-refractivity contribution in [3.8, 4) is 5.75 Å². The van der Waals surface area contributed by atoms with Gasteiger partial charge in [-0.05, 0) is 38.1 Å². The average molecular weight is 308 g/mol. The third-order valence-corrected chi connectivity index (χ3v) is 4.27. The van der Waals surface area contributed by atoms with Crippen LogP contribution in [0.5, 0.6) is 5.75 Å². The lowest BCUT2D eigenvalue weighted by atomic mass is 10.1. The predicted molar refractivity (Wildman–Crippen MR) is 84.3 cm³/mol. The molecule has 114 valence electrons. The second-order valence-electron chi connectivity index (χ2n) is 4.84. The first kappa shape index (κ1) is 15.9. The van der Waals surface area contributed by atoms with Crippen molar-refractivity contribution in [3.05, 3.63) is 45.7 Å². The summed E-state index contributed by atoms with van der Waals surface area (Å²) in [6, 6.07) is 4.69. The molecule has 0 aliphatic rings. The molecule has 1 unspecified atom stereocenters. The second-order valence-corrected chi connectivity index (χ2v) is 5.78. The lowest BCUT2D eigenvalue weighted by Gasteiger charge is -2.17. The molecule has 1 atom stereocenters. The van der Waals surface area contributed by atoms with Crippen LogP contribution in [0, 0.1) is 5.82 Å². The van der Waals surface area contributed by atoms with Crippen LogP contribution in [0.25, 0.3) is 0 Å². The van der Waals surface area contributed by atoms with Gasteiger partial charge in [0, 0.05) is 17.0 Å². The number of nitrogens with one attached hydrogen (secondary N) is 1. The van der Waals surface area contributed by atoms with Gasteiger partial charge in [0.15, 0.2) is 0 Å². The van der Waals surface area contributed by atoms with Crippen molar-refractivity contribution in [2.24, 2.45) is 0 Å². The molecule has 0 bridgehead atoms. The smallest absolute Gasteiger partial charge is 0.131 e. The minimum atomic E-state index is -0.246. The second kappa shape index (κ2) is 7.52. The molecule has 1 aromatic heterocycles. The van der Waals surface area contributed by atoms with Crippen molar-refractivity contribution < 1.29 is 9.13 Å². The van der Waals surface area contributed by atoms with Crippen LogP contribution in [0.15, 0.2) is 23.6 Å². The van der Waals surface area contributed by atoms with Crippen LogP contribution in [0.3, 0.4) is 0 Å². The van der Waals surface area contributed by atoms with E-state index in [1.54, 1.807) is 17.4 Å². The fraction of sp³-hybridized carbons (Fsp3) is 0.438. The molecule has 0 saturated heterocycles. The van der Waals surface area contributed by atoms with Gasteiger partial charge in [-0.15, -0.1) is 11.3 Å². The lowest BCUT2D eigenvalue weighted by Crippen LogP contribution is -2.18. The number of halogens is 1. The van der Waals surface area contributed by atoms with Gasteiger partial charge in [0.25, 0.3) is 0 Å². The molecule has 3 nitrogen and oxygen atoms in total. The average Bonchev–Trinajstić information content (AvgIpc) is 2.94. The molecule has 1 heterocycles. The minimum Gasteiger partial charge on any atom is -0.487 e. The monoisotopic (exact) mass is 308 g/mol. The number of aryl methyl sites for hydroxylation is 1. The number of ether oxygens (including phenoxy) is 1. The maximum absolute atomic E-state index is 13.5. The van der Waals surface area contributed by atoms with Gasteiger partial charge in [0.2, 0.25) is 0 Å². The van der Waals surface area contributed by atoms with Gasteiger partial charge in [-0.2, -0.15) is 0 Å². The van der Waals surface area contributed by atoms with Crippen LogP contribution in [0.4, 0.5) is 4.39 Å². The maximum atomic E-state index is 13.5. The van der Waals surface area contributed by atoms with Crippen LogP contribution in [-0.2, 0) is 13.0 Å². The van der Waals surface area contributed by atoms with Crippen molar-refractivity contribution >= 4 is 11.3 Å². The number of benzene rings is 1. The number of hydrogen-bond donors (Lipinski definition) is 1. The van der Waals surface area contributed by atoms with Crippen molar-refractivity contribution in [1.29, 1.82) is 0 Å². The van der Waals surface area contributed by atoms with Crippen LogP contribution >= 0.6 is 11.3 Å². The van der Waals surface area contributed by atoms with Crippen molar-refractivity contribution in [1.82, 2.24) is 10.3 Å². The first-order valence-corrected chi connectivity index (χ1v) is 8.10. The summed E-state index contributed by atoms with van der Waals surface area (Å²) < 4.78 is 19.3. The zero-order chi connectivity index (χ0) is 15.2. The number of thiazole rings is 1. The third kappa shape index (κ3) is 4.25. The Morgan fingerprint density at radius 3 is 2.86 bits per heavy atom. The fourth-order valence-corrected chi connectivity index (χ4v) is 2.86. The minimum absolute atomic E-state index is 0.0438. The molecular weight excluding hydrogens is 287 g/mol. The highest BCUT2D eigenvalue weighted by atomic mass is 32.1. The van der Waals surface area contributed by atoms with Crippen LogP contribution in [-0.4, -0.2) is 11.5 Å². The largest absolute Gasteiger partial charge is 0.487 e. The Morgan fingerprint density at radius 1 is 1.38 bits per heavy atom. The van der Waals surface area contributed by atoms with E-state index in [4.69, 9.17) is 4.74 Å². The highest BCUT2D eigenvalue weighted by Gasteiger charge is 2.13. The molecule has 1 N–H and O–H groups in total. The Hall–Kier alpha value is -1.46. The van der Waals surface area contributed by atoms with Gasteiger partial charge < -0.3 is 10.1 Å². The van der Waals surface area contributed by atoms with E-state index < -0.39 is 0 Å². The number of hydrogen-bond acceptors (Lipinski definition) is 4. The van der Waals surface area contributed by atoms with Gasteiger partial charge in [0.1, 0.15) is 18.2 Å². The first-order chi connectivity index (χ1) is 10.1. The van der Waals surface area contributed by atoms with E-state index in [9.17, 15) is 4.39 Å². The molecule has 21 heavy (non-hydrogen) atoms. The van der Waals surface area contributed by atoms with E-state index in [2.05, 4.69) is 17.2 Å². The van der Waals surface area contributed by atoms with Crippen molar-refractivity contribution in [2.45, 2.75) is 39.8 Å². The molecular formula is C16H21FN2OS. The van der Waals surface area contributed by atoms with E-state index in [0.717, 1.165) is 29.2 Å². The zero-order valence-electron chi connectivity index (χ0n) is 12.6. The highest BCUT2D eigenvalue weighted by molar-refractivity contribution is 7.09. The molecule has 0 fully saturated rings. The third-order valence-electron chi connectivity index (χ3n) is 3.23. The maximum Gasteiger partial charge on any atom is 0.131 e. The topological polar surface area (TPSA) is 34.1 Å². The van der Waals surface area contributed by atoms with Crippen molar-refractivity contribution in [2.75, 3.05) is 6.54 Å². The Kier molecular flexibility index (Phi) is 5.70. The molecule has 2 aromatic rings. The predicted octanol–water partition coefficient (Wildman–Crippen LogP) is 4.09. The van der Waals surface area contributed by atoms with E-state index in [-0.39, 0.29) is 11.9 Å². The van der Waals surface area contributed by atoms with E-state index >= 15 is 0 Å². The number of rotatable bonds is 7. The summed E-state index contributed by atoms with van der Waals surface area (Å²) >= 11 is 1.64. The fourth-order valence-electron chi connectivity index (χ4n) is 2.13. The van der Waals surface area contributed by atoms with Crippen LogP contribution < -0.4 is 10.1 Å². The highest BCUT2D eigenvalue weighted by Crippen LogP contribution is 2.27. The van der Waals surface area contributed by atoms with E-state index in [1.165, 1.54) is 12.1 Å². The van der Waals surface area contributed by atoms with Gasteiger partial charge in [-0.25, -0.2) is 9.37 Å². The van der Waals surface area contributed by atoms with Gasteiger partial charge in [-0.1, -0.05) is 13.8 Å². The van der Waals surface area contributed by atoms with Crippen LogP contribution in [0.1, 0.15) is 43.1 Å².